The first-order valence-corrected chi connectivity index (χ1v) is 9.08. The van der Waals surface area contributed by atoms with Crippen LogP contribution in [0.2, 0.25) is 0 Å². The molecule has 0 saturated carbocycles. The second-order valence-electron chi connectivity index (χ2n) is 6.97. The Hall–Kier alpha value is -2.56. The smallest absolute Gasteiger partial charge is 0.222 e. The van der Waals surface area contributed by atoms with Gasteiger partial charge in [-0.15, -0.1) is 0 Å². The van der Waals surface area contributed by atoms with E-state index in [0.29, 0.717) is 12.3 Å². The topological polar surface area (TPSA) is 53.9 Å². The Morgan fingerprint density at radius 2 is 2.24 bits per heavy atom. The Bertz CT molecular complexity index is 836. The van der Waals surface area contributed by atoms with E-state index in [1.807, 2.05) is 37.1 Å². The molecule has 3 aromatic rings. The number of nitrogens with one attached hydrogen (secondary N) is 1. The third-order valence-electron chi connectivity index (χ3n) is 5.18. The van der Waals surface area contributed by atoms with Crippen molar-refractivity contribution in [2.75, 3.05) is 13.1 Å². The number of piperidine rings is 1. The molecule has 3 heterocycles. The second-order valence-corrected chi connectivity index (χ2v) is 6.97. The molecule has 4 rings (SSSR count). The van der Waals surface area contributed by atoms with E-state index in [-0.39, 0.29) is 5.91 Å². The first kappa shape index (κ1) is 15.9. The molecule has 25 heavy (non-hydrogen) atoms. The first-order valence-electron chi connectivity index (χ1n) is 9.08. The first-order chi connectivity index (χ1) is 12.3. The Kier molecular flexibility index (Phi) is 4.55. The van der Waals surface area contributed by atoms with Gasteiger partial charge in [-0.1, -0.05) is 18.2 Å². The fraction of sp³-hybridized carbons (Fsp3) is 0.400. The van der Waals surface area contributed by atoms with Crippen molar-refractivity contribution in [1.29, 1.82) is 0 Å². The number of amides is 1. The van der Waals surface area contributed by atoms with E-state index >= 15 is 0 Å². The molecule has 2 aromatic heterocycles. The maximum atomic E-state index is 12.7. The number of aromatic nitrogens is 3. The monoisotopic (exact) mass is 336 g/mol. The lowest BCUT2D eigenvalue weighted by atomic mass is 9.97. The summed E-state index contributed by atoms with van der Waals surface area (Å²) in [5.74, 6) is 0.806. The van der Waals surface area contributed by atoms with Crippen LogP contribution < -0.4 is 0 Å². The van der Waals surface area contributed by atoms with E-state index in [2.05, 4.69) is 31.6 Å². The van der Waals surface area contributed by atoms with Gasteiger partial charge in [0.05, 0.1) is 6.33 Å². The van der Waals surface area contributed by atoms with Crippen LogP contribution in [0.25, 0.3) is 10.9 Å². The van der Waals surface area contributed by atoms with Crippen molar-refractivity contribution >= 4 is 16.8 Å². The highest BCUT2D eigenvalue weighted by molar-refractivity contribution is 5.84. The standard InChI is InChI=1S/C20H24N4O/c25-20(8-7-17-12-22-19-6-2-1-5-18(17)19)24-10-3-4-16(14-24)13-23-11-9-21-15-23/h1-2,5-6,9,11-12,15-16,22H,3-4,7-8,10,13-14H2/t16-/m1/s1. The lowest BCUT2D eigenvalue weighted by molar-refractivity contribution is -0.133. The van der Waals surface area contributed by atoms with Gasteiger partial charge < -0.3 is 14.5 Å². The van der Waals surface area contributed by atoms with E-state index in [1.54, 1.807) is 0 Å². The Balaban J connectivity index is 1.34. The van der Waals surface area contributed by atoms with Gasteiger partial charge in [0.2, 0.25) is 5.91 Å². The fourth-order valence-corrected chi connectivity index (χ4v) is 3.87. The van der Waals surface area contributed by atoms with Crippen LogP contribution in [-0.4, -0.2) is 38.4 Å². The van der Waals surface area contributed by atoms with Crippen LogP contribution in [0, 0.1) is 5.92 Å². The minimum absolute atomic E-state index is 0.278. The molecular formula is C20H24N4O. The molecular weight excluding hydrogens is 312 g/mol. The van der Waals surface area contributed by atoms with Crippen molar-refractivity contribution in [1.82, 2.24) is 19.4 Å². The summed E-state index contributed by atoms with van der Waals surface area (Å²) in [4.78, 5) is 22.1. The highest BCUT2D eigenvalue weighted by atomic mass is 16.2. The third kappa shape index (κ3) is 3.60. The number of para-hydroxylation sites is 1. The second kappa shape index (κ2) is 7.13. The van der Waals surface area contributed by atoms with Gasteiger partial charge in [-0.2, -0.15) is 0 Å². The van der Waals surface area contributed by atoms with Crippen LogP contribution in [-0.2, 0) is 17.8 Å². The quantitative estimate of drug-likeness (QED) is 0.778. The number of nitrogens with zero attached hydrogens (tertiary/aromatic N) is 3. The zero-order valence-electron chi connectivity index (χ0n) is 14.4. The van der Waals surface area contributed by atoms with Gasteiger partial charge >= 0.3 is 0 Å². The number of hydrogen-bond donors (Lipinski definition) is 1. The normalized spacial score (nSPS) is 17.9. The Morgan fingerprint density at radius 3 is 3.12 bits per heavy atom. The highest BCUT2D eigenvalue weighted by Gasteiger charge is 2.23. The van der Waals surface area contributed by atoms with E-state index in [4.69, 9.17) is 0 Å². The summed E-state index contributed by atoms with van der Waals surface area (Å²) >= 11 is 0. The molecule has 1 N–H and O–H groups in total. The molecule has 0 aliphatic carbocycles. The van der Waals surface area contributed by atoms with Gasteiger partial charge in [0.15, 0.2) is 0 Å². The number of rotatable bonds is 5. The predicted octanol–water partition coefficient (Wildman–Crippen LogP) is 3.24. The van der Waals surface area contributed by atoms with Gasteiger partial charge in [-0.3, -0.25) is 4.79 Å². The van der Waals surface area contributed by atoms with Gasteiger partial charge in [0.25, 0.3) is 0 Å². The van der Waals surface area contributed by atoms with Crippen molar-refractivity contribution in [3.8, 4) is 0 Å². The summed E-state index contributed by atoms with van der Waals surface area (Å²) < 4.78 is 2.12. The van der Waals surface area contributed by atoms with Crippen molar-refractivity contribution in [2.45, 2.75) is 32.2 Å². The molecule has 1 amide bonds. The molecule has 0 radical (unpaired) electrons. The van der Waals surface area contributed by atoms with Gasteiger partial charge in [0, 0.05) is 55.5 Å². The molecule has 1 aromatic carbocycles. The van der Waals surface area contributed by atoms with Crippen LogP contribution in [0.15, 0.2) is 49.2 Å². The van der Waals surface area contributed by atoms with Gasteiger partial charge in [-0.25, -0.2) is 4.98 Å². The molecule has 1 aliphatic heterocycles. The molecule has 0 spiro atoms. The summed E-state index contributed by atoms with van der Waals surface area (Å²) in [6, 6.07) is 8.27. The van der Waals surface area contributed by atoms with Gasteiger partial charge in [0.1, 0.15) is 0 Å². The van der Waals surface area contributed by atoms with Crippen LogP contribution in [0.5, 0.6) is 0 Å². The summed E-state index contributed by atoms with van der Waals surface area (Å²) in [5.41, 5.74) is 2.37. The van der Waals surface area contributed by atoms with Crippen molar-refractivity contribution in [2.24, 2.45) is 5.92 Å². The SMILES string of the molecule is O=C(CCc1c[nH]c2ccccc12)N1CCC[C@H](Cn2ccnc2)C1. The van der Waals surface area contributed by atoms with Crippen LogP contribution >= 0.6 is 0 Å². The molecule has 0 unspecified atom stereocenters. The van der Waals surface area contributed by atoms with E-state index in [1.165, 1.54) is 17.4 Å². The van der Waals surface area contributed by atoms with Crippen molar-refractivity contribution in [3.63, 3.8) is 0 Å². The number of aryl methyl sites for hydroxylation is 1. The minimum Gasteiger partial charge on any atom is -0.361 e. The number of H-pyrrole nitrogens is 1. The number of benzene rings is 1. The molecule has 1 atom stereocenters. The summed E-state index contributed by atoms with van der Waals surface area (Å²) in [6.07, 6.45) is 11.4. The average Bonchev–Trinajstić information content (AvgIpc) is 3.30. The maximum absolute atomic E-state index is 12.7. The van der Waals surface area contributed by atoms with E-state index < -0.39 is 0 Å². The summed E-state index contributed by atoms with van der Waals surface area (Å²) in [6.45, 7) is 2.71. The van der Waals surface area contributed by atoms with Crippen LogP contribution in [0.3, 0.4) is 0 Å². The summed E-state index contributed by atoms with van der Waals surface area (Å²) in [7, 11) is 0. The lowest BCUT2D eigenvalue weighted by Crippen LogP contribution is -2.41. The zero-order valence-corrected chi connectivity index (χ0v) is 14.4. The minimum atomic E-state index is 0.278. The summed E-state index contributed by atoms with van der Waals surface area (Å²) in [5, 5.41) is 1.23. The molecule has 1 saturated heterocycles. The average molecular weight is 336 g/mol. The number of aromatic amines is 1. The van der Waals surface area contributed by atoms with E-state index in [9.17, 15) is 4.79 Å². The Labute approximate surface area is 147 Å². The number of carbonyl (C=O) groups is 1. The molecule has 1 fully saturated rings. The highest BCUT2D eigenvalue weighted by Crippen LogP contribution is 2.22. The Morgan fingerprint density at radius 1 is 1.32 bits per heavy atom. The molecule has 1 aliphatic rings. The molecule has 5 nitrogen and oxygen atoms in total. The van der Waals surface area contributed by atoms with Crippen LogP contribution in [0.4, 0.5) is 0 Å². The molecule has 5 heteroatoms. The number of hydrogen-bond acceptors (Lipinski definition) is 2. The molecule has 130 valence electrons. The van der Waals surface area contributed by atoms with Crippen molar-refractivity contribution < 1.29 is 4.79 Å². The number of carbonyl (C=O) groups excluding carboxylic acids is 1. The number of fused-ring (bicyclic) bond motifs is 1. The van der Waals surface area contributed by atoms with Crippen LogP contribution in [0.1, 0.15) is 24.8 Å². The fourth-order valence-electron chi connectivity index (χ4n) is 3.87. The lowest BCUT2D eigenvalue weighted by Gasteiger charge is -2.33. The third-order valence-corrected chi connectivity index (χ3v) is 5.18. The van der Waals surface area contributed by atoms with E-state index in [0.717, 1.165) is 38.0 Å². The largest absolute Gasteiger partial charge is 0.361 e. The zero-order chi connectivity index (χ0) is 17.1. The van der Waals surface area contributed by atoms with Gasteiger partial charge in [-0.05, 0) is 36.8 Å². The maximum Gasteiger partial charge on any atom is 0.222 e. The van der Waals surface area contributed by atoms with Crippen molar-refractivity contribution in [3.05, 3.63) is 54.7 Å². The molecule has 0 bridgehead atoms. The number of likely N-dealkylation sites (tertiary alicyclic amines) is 1. The predicted molar refractivity (Wildman–Crippen MR) is 98.2 cm³/mol. The number of imidazole rings is 1.